The van der Waals surface area contributed by atoms with Gasteiger partial charge in [0.15, 0.2) is 5.13 Å². The Balaban J connectivity index is 1.99. The monoisotopic (exact) mass is 253 g/mol. The molecule has 1 amide bonds. The van der Waals surface area contributed by atoms with Gasteiger partial charge < -0.3 is 10.6 Å². The smallest absolute Gasteiger partial charge is 0.230 e. The molecule has 17 heavy (non-hydrogen) atoms. The van der Waals surface area contributed by atoms with E-state index in [9.17, 15) is 4.79 Å². The van der Waals surface area contributed by atoms with Gasteiger partial charge in [0, 0.05) is 17.3 Å². The highest BCUT2D eigenvalue weighted by Crippen LogP contribution is 2.29. The topological polar surface area (TPSA) is 54.0 Å². The molecule has 0 bridgehead atoms. The Morgan fingerprint density at radius 2 is 2.24 bits per heavy atom. The molecule has 1 aromatic heterocycles. The van der Waals surface area contributed by atoms with Crippen molar-refractivity contribution in [3.05, 3.63) is 10.6 Å². The van der Waals surface area contributed by atoms with Gasteiger partial charge >= 0.3 is 0 Å². The lowest BCUT2D eigenvalue weighted by Crippen LogP contribution is -2.28. The van der Waals surface area contributed by atoms with Crippen LogP contribution in [0.5, 0.6) is 0 Å². The number of hydrogen-bond donors (Lipinski definition) is 2. The van der Waals surface area contributed by atoms with E-state index < -0.39 is 0 Å². The molecule has 1 aromatic rings. The van der Waals surface area contributed by atoms with Crippen LogP contribution < -0.4 is 10.6 Å². The highest BCUT2D eigenvalue weighted by Gasteiger charge is 2.18. The molecule has 0 radical (unpaired) electrons. The van der Waals surface area contributed by atoms with Crippen LogP contribution in [0.3, 0.4) is 0 Å². The molecular formula is C12H19N3OS. The maximum Gasteiger partial charge on any atom is 0.230 e. The fourth-order valence-corrected chi connectivity index (χ4v) is 3.09. The predicted octanol–water partition coefficient (Wildman–Crippen LogP) is 1.82. The summed E-state index contributed by atoms with van der Waals surface area (Å²) in [5, 5.41) is 6.69. The van der Waals surface area contributed by atoms with Crippen LogP contribution in [-0.4, -0.2) is 24.5 Å². The molecule has 1 unspecified atom stereocenters. The summed E-state index contributed by atoms with van der Waals surface area (Å²) in [5.74, 6) is 0.0198. The lowest BCUT2D eigenvalue weighted by Gasteiger charge is -2.09. The first kappa shape index (κ1) is 12.5. The zero-order valence-corrected chi connectivity index (χ0v) is 11.2. The van der Waals surface area contributed by atoms with Crippen molar-refractivity contribution in [1.82, 2.24) is 10.3 Å². The van der Waals surface area contributed by atoms with Crippen molar-refractivity contribution >= 4 is 22.4 Å². The molecule has 94 valence electrons. The van der Waals surface area contributed by atoms with E-state index in [0.717, 1.165) is 18.0 Å². The number of hydrogen-bond acceptors (Lipinski definition) is 4. The summed E-state index contributed by atoms with van der Waals surface area (Å²) >= 11 is 1.64. The summed E-state index contributed by atoms with van der Waals surface area (Å²) in [6.07, 6.45) is 4.65. The summed E-state index contributed by atoms with van der Waals surface area (Å²) in [6, 6.07) is 0. The Kier molecular flexibility index (Phi) is 4.12. The summed E-state index contributed by atoms with van der Waals surface area (Å²) in [6.45, 7) is 2.61. The molecule has 2 N–H and O–H groups in total. The molecule has 4 nitrogen and oxygen atoms in total. The molecule has 5 heteroatoms. The average Bonchev–Trinajstić information content (AvgIpc) is 2.71. The molecule has 0 saturated carbocycles. The van der Waals surface area contributed by atoms with Gasteiger partial charge in [0.25, 0.3) is 0 Å². The normalized spacial score (nSPS) is 16.4. The minimum Gasteiger partial charge on any atom is -0.319 e. The van der Waals surface area contributed by atoms with Gasteiger partial charge in [0.1, 0.15) is 0 Å². The third-order valence-electron chi connectivity index (χ3n) is 3.03. The number of fused-ring (bicyclic) bond motifs is 1. The Labute approximate surface area is 106 Å². The number of carbonyl (C=O) groups excluding carboxylic acids is 1. The number of aryl methyl sites for hydroxylation is 2. The number of amides is 1. The van der Waals surface area contributed by atoms with Gasteiger partial charge in [0.05, 0.1) is 5.69 Å². The third-order valence-corrected chi connectivity index (χ3v) is 4.11. The highest BCUT2D eigenvalue weighted by molar-refractivity contribution is 7.15. The Morgan fingerprint density at radius 3 is 2.94 bits per heavy atom. The van der Waals surface area contributed by atoms with Crippen molar-refractivity contribution < 1.29 is 4.79 Å². The quantitative estimate of drug-likeness (QED) is 0.860. The van der Waals surface area contributed by atoms with Crippen LogP contribution in [0.4, 0.5) is 5.13 Å². The number of anilines is 1. The molecule has 0 spiro atoms. The second kappa shape index (κ2) is 5.60. The average molecular weight is 253 g/mol. The van der Waals surface area contributed by atoms with Gasteiger partial charge in [-0.25, -0.2) is 4.98 Å². The summed E-state index contributed by atoms with van der Waals surface area (Å²) in [5.41, 5.74) is 1.19. The van der Waals surface area contributed by atoms with Crippen molar-refractivity contribution in [2.24, 2.45) is 5.92 Å². The molecule has 1 heterocycles. The summed E-state index contributed by atoms with van der Waals surface area (Å²) in [7, 11) is 1.85. The number of nitrogens with zero attached hydrogens (tertiary/aromatic N) is 1. The SMILES string of the molecule is CNCC(C)C(=O)Nc1nc2c(s1)CCCC2. The molecule has 2 rings (SSSR count). The maximum absolute atomic E-state index is 11.8. The van der Waals surface area contributed by atoms with Crippen LogP contribution in [0.25, 0.3) is 0 Å². The van der Waals surface area contributed by atoms with Gasteiger partial charge in [-0.05, 0) is 32.7 Å². The molecule has 0 aliphatic heterocycles. The second-order valence-corrected chi connectivity index (χ2v) is 5.63. The Morgan fingerprint density at radius 1 is 1.47 bits per heavy atom. The predicted molar refractivity (Wildman–Crippen MR) is 70.5 cm³/mol. The van der Waals surface area contributed by atoms with Gasteiger partial charge in [-0.2, -0.15) is 0 Å². The van der Waals surface area contributed by atoms with Crippen molar-refractivity contribution in [2.75, 3.05) is 18.9 Å². The number of thiazole rings is 1. The van der Waals surface area contributed by atoms with Crippen molar-refractivity contribution in [3.63, 3.8) is 0 Å². The molecule has 0 saturated heterocycles. The molecule has 1 aliphatic rings. The lowest BCUT2D eigenvalue weighted by molar-refractivity contribution is -0.119. The molecule has 1 aliphatic carbocycles. The Hall–Kier alpha value is -0.940. The van der Waals surface area contributed by atoms with Crippen molar-refractivity contribution in [2.45, 2.75) is 32.6 Å². The van der Waals surface area contributed by atoms with Crippen molar-refractivity contribution in [1.29, 1.82) is 0 Å². The van der Waals surface area contributed by atoms with Crippen LogP contribution in [0.1, 0.15) is 30.3 Å². The lowest BCUT2D eigenvalue weighted by atomic mass is 10.0. The fourth-order valence-electron chi connectivity index (χ4n) is 2.03. The van der Waals surface area contributed by atoms with E-state index in [4.69, 9.17) is 0 Å². The maximum atomic E-state index is 11.8. The third kappa shape index (κ3) is 3.04. The fraction of sp³-hybridized carbons (Fsp3) is 0.667. The Bertz CT molecular complexity index is 379. The molecule has 0 aromatic carbocycles. The van der Waals surface area contributed by atoms with Crippen LogP contribution >= 0.6 is 11.3 Å². The molecular weight excluding hydrogens is 234 g/mol. The number of carbonyl (C=O) groups is 1. The number of aromatic nitrogens is 1. The van der Waals surface area contributed by atoms with E-state index in [1.54, 1.807) is 11.3 Å². The van der Waals surface area contributed by atoms with Gasteiger partial charge in [-0.15, -0.1) is 11.3 Å². The first-order chi connectivity index (χ1) is 8.20. The standard InChI is InChI=1S/C12H19N3OS/c1-8(7-13-2)11(16)15-12-14-9-5-3-4-6-10(9)17-12/h8,13H,3-7H2,1-2H3,(H,14,15,16). The van der Waals surface area contributed by atoms with E-state index >= 15 is 0 Å². The van der Waals surface area contributed by atoms with Crippen molar-refractivity contribution in [3.8, 4) is 0 Å². The van der Waals surface area contributed by atoms with Gasteiger partial charge in [0.2, 0.25) is 5.91 Å². The minimum atomic E-state index is -0.0269. The van der Waals surface area contributed by atoms with E-state index in [2.05, 4.69) is 15.6 Å². The largest absolute Gasteiger partial charge is 0.319 e. The van der Waals surface area contributed by atoms with Gasteiger partial charge in [-0.1, -0.05) is 6.92 Å². The van der Waals surface area contributed by atoms with E-state index in [1.807, 2.05) is 14.0 Å². The minimum absolute atomic E-state index is 0.0269. The highest BCUT2D eigenvalue weighted by atomic mass is 32.1. The second-order valence-electron chi connectivity index (χ2n) is 4.54. The molecule has 1 atom stereocenters. The summed E-state index contributed by atoms with van der Waals surface area (Å²) in [4.78, 5) is 17.7. The number of rotatable bonds is 4. The van der Waals surface area contributed by atoms with E-state index in [-0.39, 0.29) is 11.8 Å². The molecule has 0 fully saturated rings. The summed E-state index contributed by atoms with van der Waals surface area (Å²) < 4.78 is 0. The number of nitrogens with one attached hydrogen (secondary N) is 2. The first-order valence-corrected chi connectivity index (χ1v) is 6.96. The van der Waals surface area contributed by atoms with E-state index in [1.165, 1.54) is 23.4 Å². The van der Waals surface area contributed by atoms with Crippen LogP contribution in [0, 0.1) is 5.92 Å². The van der Waals surface area contributed by atoms with Crippen LogP contribution in [-0.2, 0) is 17.6 Å². The zero-order valence-electron chi connectivity index (χ0n) is 10.4. The van der Waals surface area contributed by atoms with E-state index in [0.29, 0.717) is 6.54 Å². The first-order valence-electron chi connectivity index (χ1n) is 6.14. The zero-order chi connectivity index (χ0) is 12.3. The van der Waals surface area contributed by atoms with Crippen LogP contribution in [0.2, 0.25) is 0 Å². The van der Waals surface area contributed by atoms with Crippen LogP contribution in [0.15, 0.2) is 0 Å². The van der Waals surface area contributed by atoms with Gasteiger partial charge in [-0.3, -0.25) is 4.79 Å².